The minimum absolute atomic E-state index is 0.802. The number of rotatable bonds is 3. The van der Waals surface area contributed by atoms with E-state index in [0.717, 1.165) is 28.5 Å². The van der Waals surface area contributed by atoms with E-state index in [1.807, 2.05) is 44.3 Å². The van der Waals surface area contributed by atoms with Gasteiger partial charge >= 0.3 is 0 Å². The van der Waals surface area contributed by atoms with Crippen LogP contribution >= 0.6 is 0 Å². The molecule has 0 unspecified atom stereocenters. The maximum absolute atomic E-state index is 4.36. The van der Waals surface area contributed by atoms with Crippen molar-refractivity contribution in [3.63, 3.8) is 0 Å². The maximum Gasteiger partial charge on any atom is 0.132 e. The van der Waals surface area contributed by atoms with Crippen LogP contribution in [0.3, 0.4) is 0 Å². The molecule has 0 aliphatic carbocycles. The van der Waals surface area contributed by atoms with Gasteiger partial charge in [-0.3, -0.25) is 0 Å². The molecule has 0 aliphatic rings. The van der Waals surface area contributed by atoms with Crippen molar-refractivity contribution in [3.8, 4) is 17.1 Å². The van der Waals surface area contributed by atoms with Crippen LogP contribution in [-0.2, 0) is 0 Å². The second-order valence-corrected chi connectivity index (χ2v) is 4.31. The largest absolute Gasteiger partial charge is 0.373 e. The highest BCUT2D eigenvalue weighted by atomic mass is 15.4. The van der Waals surface area contributed by atoms with Gasteiger partial charge in [0.05, 0.1) is 17.6 Å². The number of nitrogens with one attached hydrogen (secondary N) is 1. The van der Waals surface area contributed by atoms with E-state index >= 15 is 0 Å². The molecule has 0 spiro atoms. The minimum atomic E-state index is 0.802. The van der Waals surface area contributed by atoms with Crippen LogP contribution in [0.2, 0.25) is 0 Å². The maximum atomic E-state index is 4.36. The summed E-state index contributed by atoms with van der Waals surface area (Å²) < 4.78 is 1.77. The summed E-state index contributed by atoms with van der Waals surface area (Å²) in [5.41, 5.74) is 3.57. The van der Waals surface area contributed by atoms with Gasteiger partial charge in [0.2, 0.25) is 0 Å². The number of hydrogen-bond donors (Lipinski definition) is 1. The van der Waals surface area contributed by atoms with Crippen LogP contribution in [0.25, 0.3) is 17.1 Å². The summed E-state index contributed by atoms with van der Waals surface area (Å²) in [6, 6.07) is 9.86. The summed E-state index contributed by atoms with van der Waals surface area (Å²) in [4.78, 5) is 8.56. The van der Waals surface area contributed by atoms with E-state index in [9.17, 15) is 0 Å². The molecule has 1 aromatic carbocycles. The Morgan fingerprint density at radius 1 is 1.10 bits per heavy atom. The fourth-order valence-corrected chi connectivity index (χ4v) is 2.12. The van der Waals surface area contributed by atoms with Gasteiger partial charge in [0.15, 0.2) is 0 Å². The van der Waals surface area contributed by atoms with Crippen molar-refractivity contribution in [2.45, 2.75) is 6.92 Å². The van der Waals surface area contributed by atoms with Gasteiger partial charge in [0.1, 0.15) is 17.8 Å². The lowest BCUT2D eigenvalue weighted by Crippen LogP contribution is -2.04. The normalized spacial score (nSPS) is 10.5. The van der Waals surface area contributed by atoms with Crippen molar-refractivity contribution in [3.05, 3.63) is 48.4 Å². The minimum Gasteiger partial charge on any atom is -0.373 e. The SMILES string of the molecule is CNc1ncnc(-c2cnnn2-c2ccccc2)c1C. The second-order valence-electron chi connectivity index (χ2n) is 4.31. The first-order valence-electron chi connectivity index (χ1n) is 6.27. The first-order chi connectivity index (χ1) is 9.81. The van der Waals surface area contributed by atoms with Crippen LogP contribution in [0.4, 0.5) is 5.82 Å². The quantitative estimate of drug-likeness (QED) is 0.786. The van der Waals surface area contributed by atoms with Gasteiger partial charge in [-0.05, 0) is 19.1 Å². The molecule has 100 valence electrons. The van der Waals surface area contributed by atoms with Crippen molar-refractivity contribution in [2.24, 2.45) is 0 Å². The molecule has 0 bridgehead atoms. The molecule has 3 aromatic rings. The summed E-state index contributed by atoms with van der Waals surface area (Å²) in [6.07, 6.45) is 3.25. The first kappa shape index (κ1) is 12.3. The van der Waals surface area contributed by atoms with Gasteiger partial charge < -0.3 is 5.32 Å². The predicted molar refractivity (Wildman–Crippen MR) is 76.7 cm³/mol. The summed E-state index contributed by atoms with van der Waals surface area (Å²) >= 11 is 0. The Morgan fingerprint density at radius 2 is 1.90 bits per heavy atom. The smallest absolute Gasteiger partial charge is 0.132 e. The Morgan fingerprint density at radius 3 is 2.65 bits per heavy atom. The zero-order valence-electron chi connectivity index (χ0n) is 11.3. The van der Waals surface area contributed by atoms with E-state index in [-0.39, 0.29) is 0 Å². The summed E-state index contributed by atoms with van der Waals surface area (Å²) in [5, 5.41) is 11.2. The third-order valence-electron chi connectivity index (χ3n) is 3.11. The van der Waals surface area contributed by atoms with Crippen LogP contribution in [0.15, 0.2) is 42.9 Å². The molecule has 2 aromatic heterocycles. The lowest BCUT2D eigenvalue weighted by Gasteiger charge is -2.10. The molecule has 0 atom stereocenters. The molecular weight excluding hydrogens is 252 g/mol. The van der Waals surface area contributed by atoms with Crippen molar-refractivity contribution in [1.29, 1.82) is 0 Å². The lowest BCUT2D eigenvalue weighted by atomic mass is 10.2. The van der Waals surface area contributed by atoms with Crippen LogP contribution < -0.4 is 5.32 Å². The topological polar surface area (TPSA) is 68.5 Å². The van der Waals surface area contributed by atoms with E-state index in [1.165, 1.54) is 6.33 Å². The number of hydrogen-bond acceptors (Lipinski definition) is 5. The standard InChI is InChI=1S/C14H14N6/c1-10-13(16-9-17-14(10)15-2)12-8-18-19-20(12)11-6-4-3-5-7-11/h3-9H,1-2H3,(H,15,16,17). The molecule has 6 heteroatoms. The number of benzene rings is 1. The van der Waals surface area contributed by atoms with Gasteiger partial charge in [-0.15, -0.1) is 5.10 Å². The highest BCUT2D eigenvalue weighted by Gasteiger charge is 2.14. The molecule has 0 saturated carbocycles. The average Bonchev–Trinajstić information content (AvgIpc) is 2.97. The summed E-state index contributed by atoms with van der Waals surface area (Å²) in [5.74, 6) is 0.802. The van der Waals surface area contributed by atoms with E-state index < -0.39 is 0 Å². The molecule has 20 heavy (non-hydrogen) atoms. The molecule has 3 rings (SSSR count). The van der Waals surface area contributed by atoms with Gasteiger partial charge in [0, 0.05) is 12.6 Å². The van der Waals surface area contributed by atoms with Crippen LogP contribution in [0, 0.1) is 6.92 Å². The van der Waals surface area contributed by atoms with Crippen LogP contribution in [0.5, 0.6) is 0 Å². The zero-order valence-corrected chi connectivity index (χ0v) is 11.3. The fraction of sp³-hybridized carbons (Fsp3) is 0.143. The van der Waals surface area contributed by atoms with Gasteiger partial charge in [-0.25, -0.2) is 14.6 Å². The predicted octanol–water partition coefficient (Wildman–Crippen LogP) is 2.07. The molecular formula is C14H14N6. The average molecular weight is 266 g/mol. The van der Waals surface area contributed by atoms with E-state index in [0.29, 0.717) is 0 Å². The number of para-hydroxylation sites is 1. The molecule has 0 aliphatic heterocycles. The third-order valence-corrected chi connectivity index (χ3v) is 3.11. The molecule has 1 N–H and O–H groups in total. The Hall–Kier alpha value is -2.76. The van der Waals surface area contributed by atoms with Gasteiger partial charge in [0.25, 0.3) is 0 Å². The Bertz CT molecular complexity index is 720. The van der Waals surface area contributed by atoms with Crippen molar-refractivity contribution in [2.75, 3.05) is 12.4 Å². The number of aromatic nitrogens is 5. The summed E-state index contributed by atoms with van der Waals surface area (Å²) in [6.45, 7) is 1.98. The van der Waals surface area contributed by atoms with Crippen LogP contribution in [-0.4, -0.2) is 32.0 Å². The highest BCUT2D eigenvalue weighted by molar-refractivity contribution is 5.65. The van der Waals surface area contributed by atoms with Crippen molar-refractivity contribution < 1.29 is 0 Å². The Labute approximate surface area is 116 Å². The highest BCUT2D eigenvalue weighted by Crippen LogP contribution is 2.25. The summed E-state index contributed by atoms with van der Waals surface area (Å²) in [7, 11) is 1.84. The van der Waals surface area contributed by atoms with Crippen molar-refractivity contribution >= 4 is 5.82 Å². The fourth-order valence-electron chi connectivity index (χ4n) is 2.12. The van der Waals surface area contributed by atoms with E-state index in [2.05, 4.69) is 25.6 Å². The van der Waals surface area contributed by atoms with Crippen molar-refractivity contribution in [1.82, 2.24) is 25.0 Å². The zero-order chi connectivity index (χ0) is 13.9. The third kappa shape index (κ3) is 2.01. The number of anilines is 1. The van der Waals surface area contributed by atoms with E-state index in [1.54, 1.807) is 10.9 Å². The molecule has 0 radical (unpaired) electrons. The molecule has 6 nitrogen and oxygen atoms in total. The van der Waals surface area contributed by atoms with Gasteiger partial charge in [-0.1, -0.05) is 23.4 Å². The molecule has 0 saturated heterocycles. The molecule has 0 fully saturated rings. The monoisotopic (exact) mass is 266 g/mol. The number of nitrogens with zero attached hydrogens (tertiary/aromatic N) is 5. The van der Waals surface area contributed by atoms with Crippen LogP contribution in [0.1, 0.15) is 5.56 Å². The Balaban J connectivity index is 2.16. The first-order valence-corrected chi connectivity index (χ1v) is 6.27. The van der Waals surface area contributed by atoms with Gasteiger partial charge in [-0.2, -0.15) is 0 Å². The lowest BCUT2D eigenvalue weighted by molar-refractivity contribution is 0.805. The molecule has 0 amide bonds. The van der Waals surface area contributed by atoms with E-state index in [4.69, 9.17) is 0 Å². The molecule has 2 heterocycles. The Kier molecular flexibility index (Phi) is 3.12. The second kappa shape index (κ2) is 5.08.